The highest BCUT2D eigenvalue weighted by atomic mass is 32.2. The SMILES string of the molecule is CN(C(=O)N[C@@H](Cc1cnc[nH]1)C(=O)O)C1CCSC1. The van der Waals surface area contributed by atoms with Gasteiger partial charge in [0.25, 0.3) is 0 Å². The molecular formula is C12H18N4O3S. The molecule has 0 aromatic carbocycles. The molecule has 7 nitrogen and oxygen atoms in total. The van der Waals surface area contributed by atoms with Crippen LogP contribution in [0.2, 0.25) is 0 Å². The van der Waals surface area contributed by atoms with Crippen LogP contribution in [0.1, 0.15) is 12.1 Å². The van der Waals surface area contributed by atoms with E-state index in [9.17, 15) is 14.7 Å². The number of H-pyrrole nitrogens is 1. The molecule has 110 valence electrons. The minimum Gasteiger partial charge on any atom is -0.480 e. The Morgan fingerprint density at radius 2 is 2.50 bits per heavy atom. The first kappa shape index (κ1) is 14.7. The van der Waals surface area contributed by atoms with Crippen molar-refractivity contribution >= 4 is 23.8 Å². The van der Waals surface area contributed by atoms with Gasteiger partial charge in [0.05, 0.1) is 6.33 Å². The van der Waals surface area contributed by atoms with Crippen LogP contribution < -0.4 is 5.32 Å². The summed E-state index contributed by atoms with van der Waals surface area (Å²) in [7, 11) is 1.71. The predicted octanol–water partition coefficient (Wildman–Crippen LogP) is 0.552. The molecule has 1 saturated heterocycles. The minimum absolute atomic E-state index is 0.182. The van der Waals surface area contributed by atoms with Crippen LogP contribution in [0, 0.1) is 0 Å². The monoisotopic (exact) mass is 298 g/mol. The van der Waals surface area contributed by atoms with E-state index in [4.69, 9.17) is 0 Å². The Kier molecular flexibility index (Phi) is 4.89. The fourth-order valence-corrected chi connectivity index (χ4v) is 3.33. The second-order valence-corrected chi connectivity index (χ2v) is 5.90. The van der Waals surface area contributed by atoms with Crippen molar-refractivity contribution in [1.29, 1.82) is 0 Å². The number of carboxylic acids is 1. The molecule has 8 heteroatoms. The maximum absolute atomic E-state index is 12.1. The number of hydrogen-bond acceptors (Lipinski definition) is 4. The Morgan fingerprint density at radius 3 is 3.05 bits per heavy atom. The van der Waals surface area contributed by atoms with Gasteiger partial charge in [0, 0.05) is 37.2 Å². The number of urea groups is 1. The predicted molar refractivity (Wildman–Crippen MR) is 75.7 cm³/mol. The lowest BCUT2D eigenvalue weighted by atomic mass is 10.1. The van der Waals surface area contributed by atoms with Crippen molar-refractivity contribution in [2.45, 2.75) is 24.9 Å². The van der Waals surface area contributed by atoms with Crippen LogP contribution >= 0.6 is 11.8 Å². The first-order valence-corrected chi connectivity index (χ1v) is 7.54. The number of carbonyl (C=O) groups excluding carboxylic acids is 1. The molecule has 2 rings (SSSR count). The second kappa shape index (κ2) is 6.65. The van der Waals surface area contributed by atoms with E-state index in [-0.39, 0.29) is 18.5 Å². The molecule has 0 spiro atoms. The van der Waals surface area contributed by atoms with Gasteiger partial charge >= 0.3 is 12.0 Å². The molecule has 2 atom stereocenters. The fourth-order valence-electron chi connectivity index (χ4n) is 2.06. The molecule has 2 heterocycles. The summed E-state index contributed by atoms with van der Waals surface area (Å²) in [5.41, 5.74) is 0.678. The lowest BCUT2D eigenvalue weighted by molar-refractivity contribution is -0.139. The topological polar surface area (TPSA) is 98.3 Å². The van der Waals surface area contributed by atoms with Crippen LogP contribution in [-0.4, -0.2) is 62.6 Å². The van der Waals surface area contributed by atoms with Crippen LogP contribution in [0.4, 0.5) is 4.79 Å². The van der Waals surface area contributed by atoms with Gasteiger partial charge in [0.15, 0.2) is 0 Å². The van der Waals surface area contributed by atoms with Crippen molar-refractivity contribution in [1.82, 2.24) is 20.2 Å². The molecule has 2 amide bonds. The summed E-state index contributed by atoms with van der Waals surface area (Å²) in [5.74, 6) is 0.892. The maximum atomic E-state index is 12.1. The molecule has 1 fully saturated rings. The average Bonchev–Trinajstić information content (AvgIpc) is 3.09. The highest BCUT2D eigenvalue weighted by molar-refractivity contribution is 7.99. The van der Waals surface area contributed by atoms with E-state index in [0.29, 0.717) is 5.69 Å². The molecule has 1 aliphatic heterocycles. The standard InChI is InChI=1S/C12H18N4O3S/c1-16(9-2-3-20-6-9)12(19)15-10(11(17)18)4-8-5-13-7-14-8/h5,7,9-10H,2-4,6H2,1H3,(H,13,14)(H,15,19)(H,17,18)/t9?,10-/m0/s1. The molecule has 3 N–H and O–H groups in total. The Hall–Kier alpha value is -1.70. The Balaban J connectivity index is 1.93. The van der Waals surface area contributed by atoms with E-state index in [1.54, 1.807) is 29.9 Å². The molecule has 0 saturated carbocycles. The van der Waals surface area contributed by atoms with Crippen molar-refractivity contribution in [2.75, 3.05) is 18.6 Å². The number of aliphatic carboxylic acids is 1. The fraction of sp³-hybridized carbons (Fsp3) is 0.583. The van der Waals surface area contributed by atoms with Gasteiger partial charge in [-0.25, -0.2) is 14.6 Å². The Morgan fingerprint density at radius 1 is 1.70 bits per heavy atom. The number of thioether (sulfide) groups is 1. The van der Waals surface area contributed by atoms with Gasteiger partial charge in [-0.05, 0) is 12.2 Å². The number of carbonyl (C=O) groups is 2. The largest absolute Gasteiger partial charge is 0.480 e. The van der Waals surface area contributed by atoms with Gasteiger partial charge in [-0.1, -0.05) is 0 Å². The van der Waals surface area contributed by atoms with Crippen molar-refractivity contribution < 1.29 is 14.7 Å². The lowest BCUT2D eigenvalue weighted by Crippen LogP contribution is -2.50. The third-order valence-electron chi connectivity index (χ3n) is 3.35. The number of imidazole rings is 1. The zero-order chi connectivity index (χ0) is 14.5. The number of rotatable bonds is 5. The van der Waals surface area contributed by atoms with E-state index in [0.717, 1.165) is 17.9 Å². The number of aromatic nitrogens is 2. The second-order valence-electron chi connectivity index (χ2n) is 4.75. The van der Waals surface area contributed by atoms with E-state index < -0.39 is 12.0 Å². The molecule has 1 aromatic heterocycles. The number of amides is 2. The van der Waals surface area contributed by atoms with Crippen molar-refractivity contribution in [3.8, 4) is 0 Å². The highest BCUT2D eigenvalue weighted by Crippen LogP contribution is 2.21. The first-order valence-electron chi connectivity index (χ1n) is 6.39. The number of aromatic amines is 1. The zero-order valence-corrected chi connectivity index (χ0v) is 12.0. The van der Waals surface area contributed by atoms with Gasteiger partial charge in [0.2, 0.25) is 0 Å². The van der Waals surface area contributed by atoms with Crippen LogP contribution in [0.15, 0.2) is 12.5 Å². The molecule has 0 aliphatic carbocycles. The number of nitrogens with one attached hydrogen (secondary N) is 2. The Bertz CT molecular complexity index is 459. The van der Waals surface area contributed by atoms with Crippen molar-refractivity contribution in [3.05, 3.63) is 18.2 Å². The number of carboxylic acid groups (broad SMARTS) is 1. The van der Waals surface area contributed by atoms with Gasteiger partial charge in [0.1, 0.15) is 6.04 Å². The van der Waals surface area contributed by atoms with Gasteiger partial charge in [-0.3, -0.25) is 0 Å². The molecular weight excluding hydrogens is 280 g/mol. The summed E-state index contributed by atoms with van der Waals surface area (Å²) in [6, 6.07) is -1.12. The summed E-state index contributed by atoms with van der Waals surface area (Å²) in [5, 5.41) is 11.8. The first-order chi connectivity index (χ1) is 9.58. The molecule has 1 unspecified atom stereocenters. The van der Waals surface area contributed by atoms with Gasteiger partial charge in [-0.2, -0.15) is 11.8 Å². The van der Waals surface area contributed by atoms with Crippen molar-refractivity contribution in [3.63, 3.8) is 0 Å². The number of nitrogens with zero attached hydrogens (tertiary/aromatic N) is 2. The average molecular weight is 298 g/mol. The summed E-state index contributed by atoms with van der Waals surface area (Å²) < 4.78 is 0. The Labute approximate surface area is 121 Å². The van der Waals surface area contributed by atoms with E-state index in [1.807, 2.05) is 0 Å². The van der Waals surface area contributed by atoms with Crippen LogP contribution in [0.25, 0.3) is 0 Å². The minimum atomic E-state index is -1.05. The van der Waals surface area contributed by atoms with Crippen LogP contribution in [0.5, 0.6) is 0 Å². The van der Waals surface area contributed by atoms with Gasteiger partial charge in [-0.15, -0.1) is 0 Å². The third kappa shape index (κ3) is 3.66. The normalized spacial score (nSPS) is 19.6. The summed E-state index contributed by atoms with van der Waals surface area (Å²) >= 11 is 1.81. The maximum Gasteiger partial charge on any atom is 0.326 e. The zero-order valence-electron chi connectivity index (χ0n) is 11.2. The van der Waals surface area contributed by atoms with Crippen molar-refractivity contribution in [2.24, 2.45) is 0 Å². The van der Waals surface area contributed by atoms with Crippen LogP contribution in [-0.2, 0) is 11.2 Å². The third-order valence-corrected chi connectivity index (χ3v) is 4.49. The molecule has 1 aromatic rings. The summed E-state index contributed by atoms with van der Waals surface area (Å²) in [4.78, 5) is 31.6. The molecule has 0 radical (unpaired) electrons. The molecule has 1 aliphatic rings. The van der Waals surface area contributed by atoms with E-state index in [1.165, 1.54) is 6.33 Å². The van der Waals surface area contributed by atoms with E-state index >= 15 is 0 Å². The quantitative estimate of drug-likeness (QED) is 0.737. The van der Waals surface area contributed by atoms with Crippen LogP contribution in [0.3, 0.4) is 0 Å². The molecule has 0 bridgehead atoms. The summed E-state index contributed by atoms with van der Waals surface area (Å²) in [6.45, 7) is 0. The highest BCUT2D eigenvalue weighted by Gasteiger charge is 2.27. The molecule has 20 heavy (non-hydrogen) atoms. The lowest BCUT2D eigenvalue weighted by Gasteiger charge is -2.26. The summed E-state index contributed by atoms with van der Waals surface area (Å²) in [6.07, 6.45) is 4.18. The van der Waals surface area contributed by atoms with E-state index in [2.05, 4.69) is 15.3 Å². The number of hydrogen-bond donors (Lipinski definition) is 3. The smallest absolute Gasteiger partial charge is 0.326 e. The van der Waals surface area contributed by atoms with Gasteiger partial charge < -0.3 is 20.3 Å².